The van der Waals surface area contributed by atoms with Crippen LogP contribution in [0.4, 0.5) is 8.78 Å². The fourth-order valence-electron chi connectivity index (χ4n) is 5.70. The molecule has 0 amide bonds. The first kappa shape index (κ1) is 22.5. The predicted molar refractivity (Wildman–Crippen MR) is 128 cm³/mol. The quantitative estimate of drug-likeness (QED) is 0.211. The normalized spacial score (nSPS) is 24.6. The third kappa shape index (κ3) is 3.05. The number of ketones is 1. The van der Waals surface area contributed by atoms with E-state index in [0.29, 0.717) is 33.4 Å². The summed E-state index contributed by atoms with van der Waals surface area (Å²) in [5, 5.41) is 22.2. The lowest BCUT2D eigenvalue weighted by molar-refractivity contribution is -0.303. The van der Waals surface area contributed by atoms with E-state index in [2.05, 4.69) is 0 Å². The summed E-state index contributed by atoms with van der Waals surface area (Å²) in [6.07, 6.45) is -1.30. The molecule has 0 aromatic heterocycles. The molecule has 2 aliphatic carbocycles. The zero-order chi connectivity index (χ0) is 25.0. The van der Waals surface area contributed by atoms with E-state index in [1.165, 1.54) is 36.4 Å². The highest BCUT2D eigenvalue weighted by atomic mass is 19.1. The van der Waals surface area contributed by atoms with Crippen LogP contribution in [-0.2, 0) is 10.5 Å². The molecule has 36 heavy (non-hydrogen) atoms. The number of allylic oxidation sites excluding steroid dienone is 1. The number of carbonyl (C=O) groups excluding carboxylic acids is 1. The molecule has 6 heteroatoms. The van der Waals surface area contributed by atoms with Crippen molar-refractivity contribution in [3.63, 3.8) is 0 Å². The van der Waals surface area contributed by atoms with Crippen LogP contribution in [0, 0.1) is 11.6 Å². The lowest BCUT2D eigenvalue weighted by atomic mass is 9.78. The molecule has 0 saturated carbocycles. The van der Waals surface area contributed by atoms with Crippen molar-refractivity contribution in [2.45, 2.75) is 17.6 Å². The molecule has 6 rings (SSSR count). The van der Waals surface area contributed by atoms with E-state index in [9.17, 15) is 23.9 Å². The average molecular weight is 482 g/mol. The standard InChI is InChI=1S/C30H20F2O4/c31-19-13-9-17(10-14-19)25-21-5-1-2-6-22(21)28(33)26(25)27-29(34)23-7-3-4-8-24(23)30(27,36-35)18-11-15-20(32)16-12-18/h1-16,25,29,34-35H/b27-26-/t25?,29-,30-/m1/s1. The molecule has 0 aliphatic heterocycles. The molecule has 0 radical (unpaired) electrons. The largest absolute Gasteiger partial charge is 0.384 e. The lowest BCUT2D eigenvalue weighted by Gasteiger charge is -2.32. The van der Waals surface area contributed by atoms with Crippen molar-refractivity contribution in [3.8, 4) is 0 Å². The van der Waals surface area contributed by atoms with E-state index in [1.54, 1.807) is 48.5 Å². The fraction of sp³-hybridized carbons (Fsp3) is 0.100. The van der Waals surface area contributed by atoms with Gasteiger partial charge in [-0.05, 0) is 46.5 Å². The summed E-state index contributed by atoms with van der Waals surface area (Å²) in [6, 6.07) is 25.2. The number of hydrogen-bond donors (Lipinski definition) is 2. The minimum atomic E-state index is -1.77. The molecule has 0 saturated heterocycles. The minimum Gasteiger partial charge on any atom is -0.384 e. The average Bonchev–Trinajstić information content (AvgIpc) is 3.33. The summed E-state index contributed by atoms with van der Waals surface area (Å²) in [4.78, 5) is 19.2. The molecule has 4 aromatic carbocycles. The number of aliphatic hydroxyl groups excluding tert-OH is 1. The molecule has 0 spiro atoms. The number of benzene rings is 4. The van der Waals surface area contributed by atoms with Gasteiger partial charge in [-0.25, -0.2) is 13.7 Å². The van der Waals surface area contributed by atoms with Crippen molar-refractivity contribution >= 4 is 5.78 Å². The van der Waals surface area contributed by atoms with Gasteiger partial charge in [-0.3, -0.25) is 10.1 Å². The van der Waals surface area contributed by atoms with Gasteiger partial charge in [0.1, 0.15) is 17.7 Å². The van der Waals surface area contributed by atoms with E-state index < -0.39 is 29.3 Å². The number of hydrogen-bond acceptors (Lipinski definition) is 4. The van der Waals surface area contributed by atoms with Crippen LogP contribution in [0.5, 0.6) is 0 Å². The molecular weight excluding hydrogens is 462 g/mol. The summed E-state index contributed by atoms with van der Waals surface area (Å²) in [6.45, 7) is 0. The van der Waals surface area contributed by atoms with E-state index >= 15 is 0 Å². The van der Waals surface area contributed by atoms with Crippen molar-refractivity contribution in [1.29, 1.82) is 0 Å². The van der Waals surface area contributed by atoms with Crippen molar-refractivity contribution < 1.29 is 28.8 Å². The van der Waals surface area contributed by atoms with Gasteiger partial charge in [0.25, 0.3) is 0 Å². The Balaban J connectivity index is 1.72. The summed E-state index contributed by atoms with van der Waals surface area (Å²) >= 11 is 0. The summed E-state index contributed by atoms with van der Waals surface area (Å²) < 4.78 is 27.7. The van der Waals surface area contributed by atoms with Gasteiger partial charge in [-0.1, -0.05) is 72.8 Å². The summed E-state index contributed by atoms with van der Waals surface area (Å²) in [7, 11) is 0. The van der Waals surface area contributed by atoms with Gasteiger partial charge in [0.05, 0.1) is 0 Å². The van der Waals surface area contributed by atoms with Gasteiger partial charge in [-0.15, -0.1) is 0 Å². The zero-order valence-corrected chi connectivity index (χ0v) is 18.9. The Bertz CT molecular complexity index is 1530. The Kier molecular flexibility index (Phi) is 5.19. The molecule has 178 valence electrons. The van der Waals surface area contributed by atoms with Crippen LogP contribution in [0.2, 0.25) is 0 Å². The molecule has 2 aliphatic rings. The van der Waals surface area contributed by atoms with Gasteiger partial charge in [0, 0.05) is 28.2 Å². The van der Waals surface area contributed by atoms with Crippen LogP contribution in [0.3, 0.4) is 0 Å². The molecule has 4 nitrogen and oxygen atoms in total. The molecule has 1 unspecified atom stereocenters. The molecular formula is C30H20F2O4. The Morgan fingerprint density at radius 2 is 1.33 bits per heavy atom. The predicted octanol–water partition coefficient (Wildman–Crippen LogP) is 6.07. The van der Waals surface area contributed by atoms with Gasteiger partial charge >= 0.3 is 0 Å². The van der Waals surface area contributed by atoms with E-state index in [0.717, 1.165) is 0 Å². The van der Waals surface area contributed by atoms with E-state index in [1.807, 2.05) is 12.1 Å². The molecule has 4 aromatic rings. The van der Waals surface area contributed by atoms with Crippen molar-refractivity contribution in [1.82, 2.24) is 0 Å². The SMILES string of the molecule is O=C1/C(=C2/[C@H](O)c3ccccc3[C@]2(OO)c2ccc(F)cc2)C(c2ccc(F)cc2)c2ccccc21. The second kappa shape index (κ2) is 8.31. The van der Waals surface area contributed by atoms with Crippen LogP contribution < -0.4 is 0 Å². The second-order valence-electron chi connectivity index (χ2n) is 9.00. The first-order valence-corrected chi connectivity index (χ1v) is 11.5. The maximum Gasteiger partial charge on any atom is 0.190 e. The van der Waals surface area contributed by atoms with Crippen LogP contribution >= 0.6 is 0 Å². The topological polar surface area (TPSA) is 66.8 Å². The first-order chi connectivity index (χ1) is 17.5. The molecule has 2 N–H and O–H groups in total. The summed E-state index contributed by atoms with van der Waals surface area (Å²) in [5.41, 5.74) is 1.64. The molecule has 0 bridgehead atoms. The highest BCUT2D eigenvalue weighted by Crippen LogP contribution is 2.58. The Morgan fingerprint density at radius 1 is 0.750 bits per heavy atom. The van der Waals surface area contributed by atoms with Gasteiger partial charge in [0.2, 0.25) is 0 Å². The number of rotatable bonds is 3. The van der Waals surface area contributed by atoms with Crippen molar-refractivity contribution in [2.24, 2.45) is 0 Å². The van der Waals surface area contributed by atoms with E-state index in [4.69, 9.17) is 4.89 Å². The maximum absolute atomic E-state index is 14.0. The zero-order valence-electron chi connectivity index (χ0n) is 18.9. The Morgan fingerprint density at radius 3 is 2.00 bits per heavy atom. The van der Waals surface area contributed by atoms with Crippen molar-refractivity contribution in [2.75, 3.05) is 0 Å². The summed E-state index contributed by atoms with van der Waals surface area (Å²) in [5.74, 6) is -1.88. The van der Waals surface area contributed by atoms with Gasteiger partial charge in [0.15, 0.2) is 11.4 Å². The van der Waals surface area contributed by atoms with Crippen LogP contribution in [-0.4, -0.2) is 16.1 Å². The number of Topliss-reactive ketones (excluding diaryl/α,β-unsaturated/α-hetero) is 1. The monoisotopic (exact) mass is 482 g/mol. The Hall–Kier alpha value is -3.97. The third-order valence-corrected chi connectivity index (χ3v) is 7.22. The lowest BCUT2D eigenvalue weighted by Crippen LogP contribution is -2.32. The van der Waals surface area contributed by atoms with Crippen LogP contribution in [0.15, 0.2) is 108 Å². The van der Waals surface area contributed by atoms with Crippen molar-refractivity contribution in [3.05, 3.63) is 153 Å². The molecule has 0 fully saturated rings. The number of carbonyl (C=O) groups is 1. The highest BCUT2D eigenvalue weighted by Gasteiger charge is 2.55. The van der Waals surface area contributed by atoms with Crippen LogP contribution in [0.1, 0.15) is 50.2 Å². The fourth-order valence-corrected chi connectivity index (χ4v) is 5.70. The highest BCUT2D eigenvalue weighted by molar-refractivity contribution is 6.16. The molecule has 3 atom stereocenters. The Labute approximate surface area is 205 Å². The number of halogens is 2. The molecule has 0 heterocycles. The van der Waals surface area contributed by atoms with Gasteiger partial charge in [-0.2, -0.15) is 0 Å². The van der Waals surface area contributed by atoms with Crippen LogP contribution in [0.25, 0.3) is 0 Å². The van der Waals surface area contributed by atoms with E-state index in [-0.39, 0.29) is 16.9 Å². The number of aliphatic hydroxyl groups is 1. The first-order valence-electron chi connectivity index (χ1n) is 11.5. The maximum atomic E-state index is 14.0. The third-order valence-electron chi connectivity index (χ3n) is 7.22. The number of fused-ring (bicyclic) bond motifs is 2. The second-order valence-corrected chi connectivity index (χ2v) is 9.00. The van der Waals surface area contributed by atoms with Gasteiger partial charge < -0.3 is 5.11 Å². The minimum absolute atomic E-state index is 0.147. The smallest absolute Gasteiger partial charge is 0.190 e.